The minimum Gasteiger partial charge on any atom is -0.456 e. The van der Waals surface area contributed by atoms with E-state index in [-0.39, 0.29) is 12.6 Å². The van der Waals surface area contributed by atoms with Gasteiger partial charge in [-0.3, -0.25) is 9.59 Å². The van der Waals surface area contributed by atoms with Crippen molar-refractivity contribution in [1.82, 2.24) is 0 Å². The van der Waals surface area contributed by atoms with Crippen molar-refractivity contribution >= 4 is 28.2 Å². The first-order valence-electron chi connectivity index (χ1n) is 8.05. The Kier molecular flexibility index (Phi) is 6.17. The maximum atomic E-state index is 11.9. The number of rotatable bonds is 6. The number of unbranched alkanes of at least 4 members (excludes halogenated alkanes) is 1. The molecule has 23 heavy (non-hydrogen) atoms. The number of carbonyl (C=O) groups is 2. The Morgan fingerprint density at radius 1 is 1.48 bits per heavy atom. The van der Waals surface area contributed by atoms with Gasteiger partial charge in [0.05, 0.1) is 5.56 Å². The second kappa shape index (κ2) is 8.11. The first-order chi connectivity index (χ1) is 11.0. The van der Waals surface area contributed by atoms with Gasteiger partial charge in [-0.2, -0.15) is 5.26 Å². The highest BCUT2D eigenvalue weighted by Gasteiger charge is 2.24. The molecule has 0 radical (unpaired) electrons. The Hall–Kier alpha value is -1.87. The number of thiophene rings is 1. The summed E-state index contributed by atoms with van der Waals surface area (Å²) in [6, 6.07) is 2.20. The molecule has 1 amide bonds. The van der Waals surface area contributed by atoms with Crippen molar-refractivity contribution in [3.8, 4) is 6.07 Å². The maximum Gasteiger partial charge on any atom is 0.306 e. The molecule has 1 aromatic rings. The molecule has 1 atom stereocenters. The fourth-order valence-corrected chi connectivity index (χ4v) is 4.04. The first-order valence-corrected chi connectivity index (χ1v) is 8.86. The Labute approximate surface area is 140 Å². The topological polar surface area (TPSA) is 79.2 Å². The Bertz CT molecular complexity index is 631. The number of nitrogens with zero attached hydrogens (tertiary/aromatic N) is 1. The molecule has 0 fully saturated rings. The molecular formula is C17H22N2O3S. The van der Waals surface area contributed by atoms with Crippen LogP contribution < -0.4 is 5.32 Å². The molecule has 1 aliphatic rings. The summed E-state index contributed by atoms with van der Waals surface area (Å²) in [5, 5.41) is 12.7. The maximum absolute atomic E-state index is 11.9. The minimum absolute atomic E-state index is 0.299. The second-order valence-electron chi connectivity index (χ2n) is 5.98. The molecule has 0 saturated heterocycles. The van der Waals surface area contributed by atoms with Crippen molar-refractivity contribution in [3.05, 3.63) is 16.0 Å². The van der Waals surface area contributed by atoms with Gasteiger partial charge in [0, 0.05) is 11.3 Å². The number of fused-ring (bicyclic) bond motifs is 1. The molecule has 0 unspecified atom stereocenters. The summed E-state index contributed by atoms with van der Waals surface area (Å²) in [5.41, 5.74) is 1.65. The molecule has 6 heteroatoms. The average Bonchev–Trinajstić information content (AvgIpc) is 2.86. The summed E-state index contributed by atoms with van der Waals surface area (Å²) in [6.45, 7) is 3.89. The quantitative estimate of drug-likeness (QED) is 0.809. The monoisotopic (exact) mass is 334 g/mol. The van der Waals surface area contributed by atoms with Gasteiger partial charge in [0.15, 0.2) is 6.61 Å². The molecule has 1 heterocycles. The summed E-state index contributed by atoms with van der Waals surface area (Å²) in [5.74, 6) is -0.143. The smallest absolute Gasteiger partial charge is 0.306 e. The van der Waals surface area contributed by atoms with E-state index >= 15 is 0 Å². The fourth-order valence-electron chi connectivity index (χ4n) is 2.66. The normalized spacial score (nSPS) is 16.3. The van der Waals surface area contributed by atoms with Crippen molar-refractivity contribution in [2.24, 2.45) is 5.92 Å². The number of anilines is 1. The van der Waals surface area contributed by atoms with Crippen LogP contribution in [0, 0.1) is 17.2 Å². The zero-order valence-electron chi connectivity index (χ0n) is 13.6. The second-order valence-corrected chi connectivity index (χ2v) is 7.09. The minimum atomic E-state index is -0.391. The third-order valence-corrected chi connectivity index (χ3v) is 5.14. The van der Waals surface area contributed by atoms with Gasteiger partial charge in [-0.1, -0.05) is 20.3 Å². The lowest BCUT2D eigenvalue weighted by molar-refractivity contribution is -0.147. The van der Waals surface area contributed by atoms with E-state index in [4.69, 9.17) is 4.74 Å². The molecule has 5 nitrogen and oxygen atoms in total. The lowest BCUT2D eigenvalue weighted by Gasteiger charge is -2.17. The molecule has 1 aromatic heterocycles. The van der Waals surface area contributed by atoms with E-state index in [1.165, 1.54) is 16.2 Å². The molecule has 2 rings (SSSR count). The van der Waals surface area contributed by atoms with E-state index in [0.717, 1.165) is 37.7 Å². The molecule has 0 bridgehead atoms. The van der Waals surface area contributed by atoms with Gasteiger partial charge in [-0.15, -0.1) is 11.3 Å². The summed E-state index contributed by atoms with van der Waals surface area (Å²) >= 11 is 1.47. The predicted molar refractivity (Wildman–Crippen MR) is 89.3 cm³/mol. The van der Waals surface area contributed by atoms with Crippen molar-refractivity contribution in [2.45, 2.75) is 52.4 Å². The zero-order chi connectivity index (χ0) is 16.8. The van der Waals surface area contributed by atoms with E-state index in [1.807, 2.05) is 6.92 Å². The van der Waals surface area contributed by atoms with Gasteiger partial charge >= 0.3 is 5.97 Å². The highest BCUT2D eigenvalue weighted by atomic mass is 32.1. The van der Waals surface area contributed by atoms with Gasteiger partial charge in [-0.25, -0.2) is 0 Å². The third-order valence-electron chi connectivity index (χ3n) is 3.98. The van der Waals surface area contributed by atoms with Crippen LogP contribution in [0.2, 0.25) is 0 Å². The zero-order valence-corrected chi connectivity index (χ0v) is 14.4. The summed E-state index contributed by atoms with van der Waals surface area (Å²) < 4.78 is 4.94. The fraction of sp³-hybridized carbons (Fsp3) is 0.588. The summed E-state index contributed by atoms with van der Waals surface area (Å²) in [7, 11) is 0. The number of nitrogens with one attached hydrogen (secondary N) is 1. The van der Waals surface area contributed by atoms with Crippen molar-refractivity contribution in [1.29, 1.82) is 5.26 Å². The number of hydrogen-bond acceptors (Lipinski definition) is 5. The molecule has 1 aliphatic carbocycles. The van der Waals surface area contributed by atoms with Crippen LogP contribution in [0.15, 0.2) is 0 Å². The Morgan fingerprint density at radius 2 is 2.26 bits per heavy atom. The SMILES string of the molecule is CCCCC(=O)OCC(=O)Nc1sc2c(c1C#N)CC[C@@H](C)C2. The van der Waals surface area contributed by atoms with E-state index in [0.29, 0.717) is 22.9 Å². The number of esters is 1. The van der Waals surface area contributed by atoms with Gasteiger partial charge in [0.2, 0.25) is 0 Å². The van der Waals surface area contributed by atoms with Crippen LogP contribution in [0.25, 0.3) is 0 Å². The Morgan fingerprint density at radius 3 is 2.96 bits per heavy atom. The summed E-state index contributed by atoms with van der Waals surface area (Å²) in [4.78, 5) is 24.6. The van der Waals surface area contributed by atoms with E-state index in [2.05, 4.69) is 18.3 Å². The van der Waals surface area contributed by atoms with Crippen molar-refractivity contribution in [2.75, 3.05) is 11.9 Å². The summed E-state index contributed by atoms with van der Waals surface area (Å²) in [6.07, 6.45) is 4.91. The van der Waals surface area contributed by atoms with Crippen LogP contribution in [0.5, 0.6) is 0 Å². The van der Waals surface area contributed by atoms with Crippen LogP contribution in [0.3, 0.4) is 0 Å². The number of amides is 1. The number of hydrogen-bond donors (Lipinski definition) is 1. The van der Waals surface area contributed by atoms with Gasteiger partial charge in [0.1, 0.15) is 11.1 Å². The van der Waals surface area contributed by atoms with E-state index in [9.17, 15) is 14.9 Å². The third kappa shape index (κ3) is 4.55. The van der Waals surface area contributed by atoms with Gasteiger partial charge in [0.25, 0.3) is 5.91 Å². The highest BCUT2D eigenvalue weighted by molar-refractivity contribution is 7.16. The number of ether oxygens (including phenoxy) is 1. The van der Waals surface area contributed by atoms with Crippen LogP contribution in [-0.2, 0) is 27.2 Å². The van der Waals surface area contributed by atoms with Gasteiger partial charge < -0.3 is 10.1 Å². The lowest BCUT2D eigenvalue weighted by atomic mass is 9.89. The average molecular weight is 334 g/mol. The molecule has 1 N–H and O–H groups in total. The molecule has 0 spiro atoms. The number of carbonyl (C=O) groups excluding carboxylic acids is 2. The first kappa shape index (κ1) is 17.5. The van der Waals surface area contributed by atoms with E-state index in [1.54, 1.807) is 0 Å². The van der Waals surface area contributed by atoms with Crippen molar-refractivity contribution in [3.63, 3.8) is 0 Å². The standard InChI is InChI=1S/C17H22N2O3S/c1-3-4-5-16(21)22-10-15(20)19-17-13(9-18)12-7-6-11(2)8-14(12)23-17/h11H,3-8,10H2,1-2H3,(H,19,20)/t11-/m1/s1. The molecular weight excluding hydrogens is 312 g/mol. The van der Waals surface area contributed by atoms with Crippen LogP contribution in [0.4, 0.5) is 5.00 Å². The largest absolute Gasteiger partial charge is 0.456 e. The van der Waals surface area contributed by atoms with Crippen LogP contribution in [-0.4, -0.2) is 18.5 Å². The predicted octanol–water partition coefficient (Wildman–Crippen LogP) is 3.42. The van der Waals surface area contributed by atoms with Crippen LogP contribution in [0.1, 0.15) is 55.5 Å². The Balaban J connectivity index is 1.96. The van der Waals surface area contributed by atoms with Crippen LogP contribution >= 0.6 is 11.3 Å². The molecule has 0 aromatic carbocycles. The number of nitriles is 1. The van der Waals surface area contributed by atoms with Crippen molar-refractivity contribution < 1.29 is 14.3 Å². The highest BCUT2D eigenvalue weighted by Crippen LogP contribution is 2.39. The van der Waals surface area contributed by atoms with Gasteiger partial charge in [-0.05, 0) is 37.2 Å². The molecule has 0 aliphatic heterocycles. The van der Waals surface area contributed by atoms with E-state index < -0.39 is 5.91 Å². The molecule has 124 valence electrons. The molecule has 0 saturated carbocycles. The lowest BCUT2D eigenvalue weighted by Crippen LogP contribution is -2.20.